The van der Waals surface area contributed by atoms with E-state index in [0.717, 1.165) is 34.1 Å². The second kappa shape index (κ2) is 11.4. The summed E-state index contributed by atoms with van der Waals surface area (Å²) in [5.74, 6) is 1.47. The number of hydrazone groups is 2. The number of hydrogen-bond donors (Lipinski definition) is 0. The first-order valence-electron chi connectivity index (χ1n) is 11.6. The predicted octanol–water partition coefficient (Wildman–Crippen LogP) is 6.82. The molecule has 0 saturated heterocycles. The summed E-state index contributed by atoms with van der Waals surface area (Å²) in [6, 6.07) is 39.5. The van der Waals surface area contributed by atoms with Crippen LogP contribution >= 0.6 is 0 Å². The minimum Gasteiger partial charge on any atom is -0.237 e. The van der Waals surface area contributed by atoms with Gasteiger partial charge in [0.1, 0.15) is 0 Å². The van der Waals surface area contributed by atoms with E-state index in [4.69, 9.17) is 10.2 Å². The molecule has 3 aromatic carbocycles. The Hall–Kier alpha value is -5.10. The average molecular weight is 469 g/mol. The van der Waals surface area contributed by atoms with Crippen LogP contribution in [0.4, 0.5) is 23.0 Å². The number of anilines is 4. The summed E-state index contributed by atoms with van der Waals surface area (Å²) >= 11 is 0. The molecule has 0 aliphatic heterocycles. The van der Waals surface area contributed by atoms with Crippen LogP contribution in [-0.2, 0) is 0 Å². The molecule has 0 amide bonds. The second-order valence-corrected chi connectivity index (χ2v) is 7.79. The molecule has 0 N–H and O–H groups in total. The molecule has 0 bridgehead atoms. The zero-order chi connectivity index (χ0) is 24.4. The van der Waals surface area contributed by atoms with E-state index in [0.29, 0.717) is 0 Å². The average Bonchev–Trinajstić information content (AvgIpc) is 2.96. The number of pyridine rings is 2. The summed E-state index contributed by atoms with van der Waals surface area (Å²) in [5, 5.41) is 13.2. The molecule has 0 aliphatic carbocycles. The Morgan fingerprint density at radius 1 is 0.444 bits per heavy atom. The third kappa shape index (κ3) is 5.51. The van der Waals surface area contributed by atoms with Crippen LogP contribution < -0.4 is 10.0 Å². The number of hydrogen-bond acceptors (Lipinski definition) is 6. The van der Waals surface area contributed by atoms with E-state index < -0.39 is 0 Å². The number of benzene rings is 3. The van der Waals surface area contributed by atoms with E-state index in [9.17, 15) is 0 Å². The fourth-order valence-electron chi connectivity index (χ4n) is 3.60. The molecule has 2 aromatic heterocycles. The molecule has 6 nitrogen and oxygen atoms in total. The maximum atomic E-state index is 4.80. The van der Waals surface area contributed by atoms with Crippen LogP contribution in [0.25, 0.3) is 0 Å². The Morgan fingerprint density at radius 3 is 1.22 bits per heavy atom. The van der Waals surface area contributed by atoms with Crippen LogP contribution in [-0.4, -0.2) is 22.4 Å². The molecule has 174 valence electrons. The summed E-state index contributed by atoms with van der Waals surface area (Å²) in [4.78, 5) is 8.98. The molecular formula is C30H24N6. The molecular weight excluding hydrogens is 444 g/mol. The third-order valence-corrected chi connectivity index (χ3v) is 5.35. The van der Waals surface area contributed by atoms with Crippen LogP contribution in [0.3, 0.4) is 0 Å². The van der Waals surface area contributed by atoms with Gasteiger partial charge in [-0.15, -0.1) is 0 Å². The number of para-hydroxylation sites is 2. The fourth-order valence-corrected chi connectivity index (χ4v) is 3.60. The Bertz CT molecular complexity index is 1230. The van der Waals surface area contributed by atoms with Gasteiger partial charge < -0.3 is 0 Å². The second-order valence-electron chi connectivity index (χ2n) is 7.79. The predicted molar refractivity (Wildman–Crippen MR) is 147 cm³/mol. The van der Waals surface area contributed by atoms with Gasteiger partial charge in [-0.1, -0.05) is 72.8 Å². The van der Waals surface area contributed by atoms with Gasteiger partial charge in [0, 0.05) is 23.5 Å². The highest BCUT2D eigenvalue weighted by atomic mass is 15.5. The SMILES string of the molecule is C(=N\N(c1ccccc1)c1ccccn1)/c1ccccc1/C=N/N(c1ccccc1)c1ccccn1. The van der Waals surface area contributed by atoms with Crippen molar-refractivity contribution in [2.45, 2.75) is 0 Å². The first kappa shape index (κ1) is 22.7. The number of nitrogens with zero attached hydrogens (tertiary/aromatic N) is 6. The summed E-state index contributed by atoms with van der Waals surface area (Å²) in [5.41, 5.74) is 3.69. The quantitative estimate of drug-likeness (QED) is 0.185. The van der Waals surface area contributed by atoms with Crippen LogP contribution in [0.5, 0.6) is 0 Å². The summed E-state index contributed by atoms with van der Waals surface area (Å²) in [7, 11) is 0. The van der Waals surface area contributed by atoms with Gasteiger partial charge in [0.2, 0.25) is 0 Å². The van der Waals surface area contributed by atoms with Crippen molar-refractivity contribution in [3.8, 4) is 0 Å². The topological polar surface area (TPSA) is 57.0 Å². The summed E-state index contributed by atoms with van der Waals surface area (Å²) in [6.45, 7) is 0. The van der Waals surface area contributed by atoms with E-state index in [1.54, 1.807) is 12.4 Å². The van der Waals surface area contributed by atoms with Crippen molar-refractivity contribution >= 4 is 35.4 Å². The van der Waals surface area contributed by atoms with Crippen LogP contribution in [0, 0.1) is 0 Å². The van der Waals surface area contributed by atoms with Crippen molar-refractivity contribution in [1.29, 1.82) is 0 Å². The Balaban J connectivity index is 1.48. The van der Waals surface area contributed by atoms with Crippen molar-refractivity contribution in [3.63, 3.8) is 0 Å². The van der Waals surface area contributed by atoms with Crippen molar-refractivity contribution in [3.05, 3.63) is 145 Å². The molecule has 0 spiro atoms. The highest BCUT2D eigenvalue weighted by molar-refractivity contribution is 5.95. The molecule has 5 rings (SSSR count). The Kier molecular flexibility index (Phi) is 7.15. The zero-order valence-electron chi connectivity index (χ0n) is 19.5. The highest BCUT2D eigenvalue weighted by Gasteiger charge is 2.10. The van der Waals surface area contributed by atoms with E-state index in [2.05, 4.69) is 9.97 Å². The molecule has 0 atom stereocenters. The van der Waals surface area contributed by atoms with Gasteiger partial charge in [-0.3, -0.25) is 0 Å². The van der Waals surface area contributed by atoms with Gasteiger partial charge in [-0.2, -0.15) is 10.2 Å². The monoisotopic (exact) mass is 468 g/mol. The minimum atomic E-state index is 0.733. The lowest BCUT2D eigenvalue weighted by Gasteiger charge is -2.18. The third-order valence-electron chi connectivity index (χ3n) is 5.35. The first-order valence-corrected chi connectivity index (χ1v) is 11.6. The van der Waals surface area contributed by atoms with Gasteiger partial charge in [0.05, 0.1) is 23.8 Å². The molecule has 0 saturated carbocycles. The Labute approximate surface area is 210 Å². The molecule has 6 heteroatoms. The number of rotatable bonds is 8. The number of aromatic nitrogens is 2. The first-order chi connectivity index (χ1) is 17.9. The largest absolute Gasteiger partial charge is 0.237 e. The maximum absolute atomic E-state index is 4.80. The summed E-state index contributed by atoms with van der Waals surface area (Å²) in [6.07, 6.45) is 7.18. The van der Waals surface area contributed by atoms with E-state index >= 15 is 0 Å². The van der Waals surface area contributed by atoms with E-state index in [1.807, 2.05) is 144 Å². The van der Waals surface area contributed by atoms with Gasteiger partial charge in [0.25, 0.3) is 0 Å². The highest BCUT2D eigenvalue weighted by Crippen LogP contribution is 2.25. The standard InChI is InChI=1S/C30H24N6/c1-3-15-27(16-4-1)35(29-19-9-11-21-31-29)33-23-25-13-7-8-14-26(25)24-34-36(28-17-5-2-6-18-28)30-20-10-12-22-32-30/h1-24H/b33-23+,34-24+. The molecule has 0 radical (unpaired) electrons. The molecule has 5 aromatic rings. The van der Waals surface area contributed by atoms with E-state index in [-0.39, 0.29) is 0 Å². The lowest BCUT2D eigenvalue weighted by atomic mass is 10.1. The van der Waals surface area contributed by atoms with Gasteiger partial charge in [-0.05, 0) is 48.5 Å². The molecule has 36 heavy (non-hydrogen) atoms. The lowest BCUT2D eigenvalue weighted by Crippen LogP contribution is -2.12. The smallest absolute Gasteiger partial charge is 0.153 e. The Morgan fingerprint density at radius 2 is 0.833 bits per heavy atom. The van der Waals surface area contributed by atoms with Crippen LogP contribution in [0.2, 0.25) is 0 Å². The zero-order valence-corrected chi connectivity index (χ0v) is 19.5. The van der Waals surface area contributed by atoms with Gasteiger partial charge in [0.15, 0.2) is 11.6 Å². The van der Waals surface area contributed by atoms with Crippen molar-refractivity contribution in [2.75, 3.05) is 10.0 Å². The molecule has 0 fully saturated rings. The van der Waals surface area contributed by atoms with Crippen LogP contribution in [0.1, 0.15) is 11.1 Å². The summed E-state index contributed by atoms with van der Waals surface area (Å²) < 4.78 is 0. The normalized spacial score (nSPS) is 11.1. The molecule has 2 heterocycles. The van der Waals surface area contributed by atoms with E-state index in [1.165, 1.54) is 0 Å². The fraction of sp³-hybridized carbons (Fsp3) is 0. The van der Waals surface area contributed by atoms with Crippen molar-refractivity contribution in [1.82, 2.24) is 9.97 Å². The maximum Gasteiger partial charge on any atom is 0.153 e. The van der Waals surface area contributed by atoms with Crippen molar-refractivity contribution in [2.24, 2.45) is 10.2 Å². The molecule has 0 unspecified atom stereocenters. The lowest BCUT2D eigenvalue weighted by molar-refractivity contribution is 1.04. The van der Waals surface area contributed by atoms with Gasteiger partial charge >= 0.3 is 0 Å². The minimum absolute atomic E-state index is 0.733. The molecule has 0 aliphatic rings. The van der Waals surface area contributed by atoms with Crippen molar-refractivity contribution < 1.29 is 0 Å². The van der Waals surface area contributed by atoms with Gasteiger partial charge in [-0.25, -0.2) is 20.0 Å². The van der Waals surface area contributed by atoms with Crippen LogP contribution in [0.15, 0.2) is 144 Å².